The molecular formula is C18H19N5S. The summed E-state index contributed by atoms with van der Waals surface area (Å²) in [4.78, 5) is 13.2. The van der Waals surface area contributed by atoms with E-state index in [0.717, 1.165) is 28.4 Å². The van der Waals surface area contributed by atoms with E-state index in [4.69, 9.17) is 5.73 Å². The lowest BCUT2D eigenvalue weighted by atomic mass is 10.2. The minimum atomic E-state index is 0.431. The number of nitrogens with two attached hydrogens (primary N) is 1. The molecule has 0 radical (unpaired) electrons. The predicted molar refractivity (Wildman–Crippen MR) is 98.8 cm³/mol. The van der Waals surface area contributed by atoms with Gasteiger partial charge in [-0.1, -0.05) is 36.4 Å². The molecule has 2 aromatic heterocycles. The molecule has 3 N–H and O–H groups in total. The Labute approximate surface area is 145 Å². The molecule has 3 aromatic rings. The second-order valence-corrected chi connectivity index (χ2v) is 6.07. The third-order valence-corrected chi connectivity index (χ3v) is 4.34. The molecule has 5 nitrogen and oxygen atoms in total. The fourth-order valence-corrected chi connectivity index (χ4v) is 3.00. The molecular weight excluding hydrogens is 318 g/mol. The number of thiazole rings is 1. The molecule has 122 valence electrons. The van der Waals surface area contributed by atoms with Crippen molar-refractivity contribution in [2.24, 2.45) is 10.7 Å². The van der Waals surface area contributed by atoms with Crippen LogP contribution in [-0.2, 0) is 13.0 Å². The number of nitrogens with one attached hydrogen (secondary N) is 1. The van der Waals surface area contributed by atoms with E-state index in [1.165, 1.54) is 0 Å². The van der Waals surface area contributed by atoms with Gasteiger partial charge in [0.1, 0.15) is 5.01 Å². The number of rotatable bonds is 6. The highest BCUT2D eigenvalue weighted by atomic mass is 32.1. The number of nitrogens with zero attached hydrogens (tertiary/aromatic N) is 3. The molecule has 0 saturated heterocycles. The van der Waals surface area contributed by atoms with Crippen LogP contribution in [0.25, 0.3) is 10.6 Å². The van der Waals surface area contributed by atoms with Crippen LogP contribution in [0.2, 0.25) is 0 Å². The van der Waals surface area contributed by atoms with Crippen LogP contribution in [0.3, 0.4) is 0 Å². The number of hydrogen-bond acceptors (Lipinski definition) is 4. The van der Waals surface area contributed by atoms with Crippen LogP contribution >= 0.6 is 11.3 Å². The Hall–Kier alpha value is -2.73. The zero-order valence-electron chi connectivity index (χ0n) is 13.2. The van der Waals surface area contributed by atoms with E-state index in [1.54, 1.807) is 17.5 Å². The highest BCUT2D eigenvalue weighted by Gasteiger charge is 2.04. The van der Waals surface area contributed by atoms with E-state index in [2.05, 4.69) is 32.4 Å². The summed E-state index contributed by atoms with van der Waals surface area (Å²) in [7, 11) is 0. The van der Waals surface area contributed by atoms with Crippen molar-refractivity contribution in [1.29, 1.82) is 0 Å². The molecule has 0 saturated carbocycles. The maximum atomic E-state index is 5.90. The molecule has 0 aliphatic heterocycles. The molecule has 0 spiro atoms. The zero-order chi connectivity index (χ0) is 16.6. The molecule has 0 aliphatic rings. The van der Waals surface area contributed by atoms with E-state index in [-0.39, 0.29) is 0 Å². The average molecular weight is 337 g/mol. The van der Waals surface area contributed by atoms with Gasteiger partial charge in [0, 0.05) is 35.8 Å². The monoisotopic (exact) mass is 337 g/mol. The lowest BCUT2D eigenvalue weighted by molar-refractivity contribution is 0.826. The SMILES string of the molecule is NC(=NCc1csc(-c2ccccc2)n1)NCCc1ccccn1. The molecule has 0 amide bonds. The van der Waals surface area contributed by atoms with Gasteiger partial charge in [-0.3, -0.25) is 4.98 Å². The summed E-state index contributed by atoms with van der Waals surface area (Å²) >= 11 is 1.62. The normalized spacial score (nSPS) is 11.4. The van der Waals surface area contributed by atoms with Crippen LogP contribution in [0.5, 0.6) is 0 Å². The second-order valence-electron chi connectivity index (χ2n) is 5.21. The van der Waals surface area contributed by atoms with Gasteiger partial charge in [0.2, 0.25) is 0 Å². The van der Waals surface area contributed by atoms with Crippen molar-refractivity contribution < 1.29 is 0 Å². The van der Waals surface area contributed by atoms with Crippen LogP contribution in [0.1, 0.15) is 11.4 Å². The molecule has 0 unspecified atom stereocenters. The number of aliphatic imine (C=N–C) groups is 1. The van der Waals surface area contributed by atoms with Gasteiger partial charge >= 0.3 is 0 Å². The van der Waals surface area contributed by atoms with E-state index < -0.39 is 0 Å². The summed E-state index contributed by atoms with van der Waals surface area (Å²) in [5, 5.41) is 6.13. The molecule has 0 aliphatic carbocycles. The summed E-state index contributed by atoms with van der Waals surface area (Å²) in [5.41, 5.74) is 8.98. The van der Waals surface area contributed by atoms with E-state index >= 15 is 0 Å². The molecule has 2 heterocycles. The first-order valence-electron chi connectivity index (χ1n) is 7.75. The van der Waals surface area contributed by atoms with Crippen LogP contribution < -0.4 is 11.1 Å². The third kappa shape index (κ3) is 4.63. The number of aromatic nitrogens is 2. The molecule has 6 heteroatoms. The lowest BCUT2D eigenvalue weighted by Crippen LogP contribution is -2.33. The third-order valence-electron chi connectivity index (χ3n) is 3.40. The van der Waals surface area contributed by atoms with Crippen molar-refractivity contribution >= 4 is 17.3 Å². The zero-order valence-corrected chi connectivity index (χ0v) is 14.0. The van der Waals surface area contributed by atoms with Crippen molar-refractivity contribution in [3.63, 3.8) is 0 Å². The average Bonchev–Trinajstić information content (AvgIpc) is 3.11. The van der Waals surface area contributed by atoms with Crippen molar-refractivity contribution in [2.75, 3.05) is 6.54 Å². The number of guanidine groups is 1. The number of pyridine rings is 1. The van der Waals surface area contributed by atoms with E-state index in [9.17, 15) is 0 Å². The summed E-state index contributed by atoms with van der Waals surface area (Å²) in [6, 6.07) is 16.0. The topological polar surface area (TPSA) is 76.2 Å². The van der Waals surface area contributed by atoms with Crippen LogP contribution in [0.4, 0.5) is 0 Å². The first kappa shape index (κ1) is 16.1. The summed E-state index contributed by atoms with van der Waals surface area (Å²) in [6.45, 7) is 1.18. The summed E-state index contributed by atoms with van der Waals surface area (Å²) in [6.07, 6.45) is 2.60. The van der Waals surface area contributed by atoms with Gasteiger partial charge in [0.05, 0.1) is 12.2 Å². The fraction of sp³-hybridized carbons (Fsp3) is 0.167. The summed E-state index contributed by atoms with van der Waals surface area (Å²) < 4.78 is 0. The summed E-state index contributed by atoms with van der Waals surface area (Å²) in [5.74, 6) is 0.431. The minimum Gasteiger partial charge on any atom is -0.370 e. The lowest BCUT2D eigenvalue weighted by Gasteiger charge is -2.04. The first-order valence-corrected chi connectivity index (χ1v) is 8.63. The Morgan fingerprint density at radius 3 is 2.71 bits per heavy atom. The number of benzene rings is 1. The van der Waals surface area contributed by atoms with Crippen LogP contribution in [0, 0.1) is 0 Å². The maximum absolute atomic E-state index is 5.90. The maximum Gasteiger partial charge on any atom is 0.188 e. The van der Waals surface area contributed by atoms with Gasteiger partial charge in [-0.2, -0.15) is 0 Å². The van der Waals surface area contributed by atoms with Crippen molar-refractivity contribution in [3.8, 4) is 10.6 Å². The highest BCUT2D eigenvalue weighted by molar-refractivity contribution is 7.13. The Kier molecular flexibility index (Phi) is 5.52. The first-order chi connectivity index (χ1) is 11.8. The molecule has 0 fully saturated rings. The Morgan fingerprint density at radius 2 is 1.92 bits per heavy atom. The van der Waals surface area contributed by atoms with Gasteiger partial charge in [-0.05, 0) is 12.1 Å². The minimum absolute atomic E-state index is 0.431. The van der Waals surface area contributed by atoms with Gasteiger partial charge in [-0.15, -0.1) is 11.3 Å². The standard InChI is InChI=1S/C18H19N5S/c19-18(21-11-9-15-8-4-5-10-20-15)22-12-16-13-24-17(23-16)14-6-2-1-3-7-14/h1-8,10,13H,9,11-12H2,(H3,19,21,22). The van der Waals surface area contributed by atoms with E-state index in [0.29, 0.717) is 19.0 Å². The van der Waals surface area contributed by atoms with Gasteiger partial charge in [-0.25, -0.2) is 9.98 Å². The quantitative estimate of drug-likeness (QED) is 0.536. The largest absolute Gasteiger partial charge is 0.370 e. The Morgan fingerprint density at radius 1 is 1.08 bits per heavy atom. The van der Waals surface area contributed by atoms with Crippen LogP contribution in [-0.4, -0.2) is 22.5 Å². The molecule has 0 atom stereocenters. The van der Waals surface area contributed by atoms with Crippen LogP contribution in [0.15, 0.2) is 65.1 Å². The van der Waals surface area contributed by atoms with E-state index in [1.807, 2.05) is 41.8 Å². The molecule has 3 rings (SSSR count). The molecule has 1 aromatic carbocycles. The smallest absolute Gasteiger partial charge is 0.188 e. The molecule has 0 bridgehead atoms. The van der Waals surface area contributed by atoms with Gasteiger partial charge in [0.15, 0.2) is 5.96 Å². The molecule has 24 heavy (non-hydrogen) atoms. The van der Waals surface area contributed by atoms with Gasteiger partial charge in [0.25, 0.3) is 0 Å². The van der Waals surface area contributed by atoms with Gasteiger partial charge < -0.3 is 11.1 Å². The fourth-order valence-electron chi connectivity index (χ4n) is 2.18. The Balaban J connectivity index is 1.49. The number of hydrogen-bond donors (Lipinski definition) is 2. The second kappa shape index (κ2) is 8.21. The predicted octanol–water partition coefficient (Wildman–Crippen LogP) is 2.85. The van der Waals surface area contributed by atoms with Crippen molar-refractivity contribution in [3.05, 3.63) is 71.5 Å². The highest BCUT2D eigenvalue weighted by Crippen LogP contribution is 2.23. The Bertz CT molecular complexity index is 783. The van der Waals surface area contributed by atoms with Crippen molar-refractivity contribution in [2.45, 2.75) is 13.0 Å². The van der Waals surface area contributed by atoms with Crippen molar-refractivity contribution in [1.82, 2.24) is 15.3 Å².